The van der Waals surface area contributed by atoms with Crippen molar-refractivity contribution < 1.29 is 40.5 Å². The van der Waals surface area contributed by atoms with E-state index in [1.165, 1.54) is 44.4 Å². The molecule has 0 bridgehead atoms. The molecule has 0 aromatic rings. The molecule has 0 fully saturated rings. The molecule has 0 aromatic heterocycles. The number of aliphatic hydroxyl groups is 6. The third-order valence-corrected chi connectivity index (χ3v) is 7.98. The van der Waals surface area contributed by atoms with Crippen LogP contribution in [0, 0.1) is 0 Å². The minimum atomic E-state index is -2.13. The molecule has 0 aromatic carbocycles. The van der Waals surface area contributed by atoms with Crippen molar-refractivity contribution in [2.45, 2.75) is 161 Å². The first-order valence-corrected chi connectivity index (χ1v) is 14.5. The molecule has 0 aliphatic heterocycles. The zero-order valence-electron chi connectivity index (χ0n) is 26.2. The number of aliphatic hydroxyl groups excluding tert-OH is 2. The highest BCUT2D eigenvalue weighted by atomic mass is 16.4. The first-order chi connectivity index (χ1) is 18.1. The average molecular weight is 571 g/mol. The van der Waals surface area contributed by atoms with Gasteiger partial charge in [0.05, 0.1) is 35.4 Å². The first-order valence-electron chi connectivity index (χ1n) is 14.5. The molecule has 0 amide bonds. The van der Waals surface area contributed by atoms with E-state index in [-0.39, 0.29) is 32.1 Å². The molecule has 8 heteroatoms. The lowest BCUT2D eigenvalue weighted by Gasteiger charge is -2.43. The second-order valence-electron chi connectivity index (χ2n) is 13.0. The Kier molecular flexibility index (Phi) is 16.1. The van der Waals surface area contributed by atoms with Crippen LogP contribution in [-0.2, 0) is 4.79 Å². The van der Waals surface area contributed by atoms with Gasteiger partial charge in [0.2, 0.25) is 0 Å². The number of carbonyl (C=O) groups is 1. The Labute approximate surface area is 242 Å². The number of carboxylic acids is 1. The van der Waals surface area contributed by atoms with Crippen LogP contribution in [0.25, 0.3) is 0 Å². The monoisotopic (exact) mass is 570 g/mol. The molecule has 0 aliphatic carbocycles. The van der Waals surface area contributed by atoms with E-state index in [0.29, 0.717) is 6.42 Å². The van der Waals surface area contributed by atoms with Gasteiger partial charge in [0.1, 0.15) is 5.60 Å². The van der Waals surface area contributed by atoms with Gasteiger partial charge in [-0.3, -0.25) is 4.79 Å². The molecule has 8 nitrogen and oxygen atoms in total. The van der Waals surface area contributed by atoms with Crippen molar-refractivity contribution in [3.63, 3.8) is 0 Å². The predicted octanol–water partition coefficient (Wildman–Crippen LogP) is 4.95. The molecule has 234 valence electrons. The Balaban J connectivity index is 5.05. The van der Waals surface area contributed by atoms with E-state index < -0.39 is 47.0 Å². The van der Waals surface area contributed by atoms with E-state index in [4.69, 9.17) is 0 Å². The highest BCUT2D eigenvalue weighted by Crippen LogP contribution is 2.37. The van der Waals surface area contributed by atoms with Gasteiger partial charge in [0.25, 0.3) is 0 Å². The van der Waals surface area contributed by atoms with E-state index in [1.54, 1.807) is 0 Å². The summed E-state index contributed by atoms with van der Waals surface area (Å²) in [6.07, 6.45) is 7.54. The van der Waals surface area contributed by atoms with Crippen molar-refractivity contribution in [2.24, 2.45) is 0 Å². The summed E-state index contributed by atoms with van der Waals surface area (Å²) in [4.78, 5) is 11.5. The van der Waals surface area contributed by atoms with E-state index in [2.05, 4.69) is 32.9 Å². The largest absolute Gasteiger partial charge is 0.481 e. The summed E-state index contributed by atoms with van der Waals surface area (Å²) in [6, 6.07) is 0. The summed E-state index contributed by atoms with van der Waals surface area (Å²) in [6.45, 7) is 13.9. The molecular weight excluding hydrogens is 512 g/mol. The van der Waals surface area contributed by atoms with Crippen LogP contribution in [0.2, 0.25) is 0 Å². The van der Waals surface area contributed by atoms with Gasteiger partial charge in [0.15, 0.2) is 0 Å². The maximum atomic E-state index is 11.5. The Hall–Kier alpha value is -1.55. The van der Waals surface area contributed by atoms with Gasteiger partial charge in [-0.05, 0) is 120 Å². The molecule has 0 saturated heterocycles. The van der Waals surface area contributed by atoms with Crippen LogP contribution in [0.4, 0.5) is 0 Å². The lowest BCUT2D eigenvalue weighted by molar-refractivity contribution is -0.182. The number of hydrogen-bond donors (Lipinski definition) is 7. The molecule has 0 radical (unpaired) electrons. The van der Waals surface area contributed by atoms with Crippen molar-refractivity contribution in [1.82, 2.24) is 0 Å². The molecule has 5 unspecified atom stereocenters. The molecule has 0 aliphatic rings. The van der Waals surface area contributed by atoms with Crippen LogP contribution in [0.15, 0.2) is 34.9 Å². The highest BCUT2D eigenvalue weighted by Gasteiger charge is 2.48. The quantitative estimate of drug-likeness (QED) is 0.101. The van der Waals surface area contributed by atoms with Crippen molar-refractivity contribution in [2.75, 3.05) is 0 Å². The van der Waals surface area contributed by atoms with Gasteiger partial charge in [0, 0.05) is 0 Å². The van der Waals surface area contributed by atoms with Crippen molar-refractivity contribution in [3.8, 4) is 0 Å². The first kappa shape index (κ1) is 38.5. The van der Waals surface area contributed by atoms with Gasteiger partial charge < -0.3 is 35.7 Å². The summed E-state index contributed by atoms with van der Waals surface area (Å²) in [5.74, 6) is -1.33. The Morgan fingerprint density at radius 3 is 1.68 bits per heavy atom. The highest BCUT2D eigenvalue weighted by molar-refractivity contribution is 5.68. The van der Waals surface area contributed by atoms with Crippen LogP contribution in [0.3, 0.4) is 0 Å². The number of allylic oxidation sites excluding steroid dienone is 6. The van der Waals surface area contributed by atoms with E-state index in [9.17, 15) is 40.5 Å². The molecule has 7 N–H and O–H groups in total. The van der Waals surface area contributed by atoms with Gasteiger partial charge in [-0.15, -0.1) is 0 Å². The predicted molar refractivity (Wildman–Crippen MR) is 160 cm³/mol. The third kappa shape index (κ3) is 14.9. The lowest BCUT2D eigenvalue weighted by atomic mass is 9.72. The Morgan fingerprint density at radius 2 is 1.20 bits per heavy atom. The molecule has 40 heavy (non-hydrogen) atoms. The Bertz CT molecular complexity index is 859. The van der Waals surface area contributed by atoms with Crippen molar-refractivity contribution >= 4 is 5.97 Å². The standard InChI is InChI=1S/C32H58O8/c1-23(2)12-9-13-24(3)14-10-15-25(4)16-11-17-27(34)30(7,38)20-21-32(40,22-28(35)36)31(8,39)19-18-26(33)29(5,6)37/h12,14,16,26-27,33-34,37-40H,9-11,13,15,17-22H2,1-8H3,(H,35,36). The van der Waals surface area contributed by atoms with Crippen molar-refractivity contribution in [1.29, 1.82) is 0 Å². The molecular formula is C32H58O8. The number of aliphatic carboxylic acids is 1. The van der Waals surface area contributed by atoms with Crippen LogP contribution < -0.4 is 0 Å². The second-order valence-corrected chi connectivity index (χ2v) is 13.0. The van der Waals surface area contributed by atoms with Gasteiger partial charge in [-0.25, -0.2) is 0 Å². The molecule has 0 spiro atoms. The summed E-state index contributed by atoms with van der Waals surface area (Å²) in [5.41, 5.74) is -3.22. The smallest absolute Gasteiger partial charge is 0.306 e. The van der Waals surface area contributed by atoms with Gasteiger partial charge in [-0.1, -0.05) is 34.9 Å². The molecule has 0 saturated carbocycles. The molecule has 5 atom stereocenters. The molecule has 0 rings (SSSR count). The number of hydrogen-bond acceptors (Lipinski definition) is 7. The maximum Gasteiger partial charge on any atom is 0.306 e. The van der Waals surface area contributed by atoms with Gasteiger partial charge >= 0.3 is 5.97 Å². The van der Waals surface area contributed by atoms with E-state index >= 15 is 0 Å². The number of carboxylic acid groups (broad SMARTS) is 1. The number of rotatable bonds is 20. The van der Waals surface area contributed by atoms with Gasteiger partial charge in [-0.2, -0.15) is 0 Å². The lowest BCUT2D eigenvalue weighted by Crippen LogP contribution is -2.55. The summed E-state index contributed by atoms with van der Waals surface area (Å²) < 4.78 is 0. The summed E-state index contributed by atoms with van der Waals surface area (Å²) in [7, 11) is 0. The maximum absolute atomic E-state index is 11.5. The fourth-order valence-corrected chi connectivity index (χ4v) is 4.57. The second kappa shape index (κ2) is 16.8. The van der Waals surface area contributed by atoms with E-state index in [1.807, 2.05) is 13.0 Å². The average Bonchev–Trinajstić information content (AvgIpc) is 2.79. The minimum Gasteiger partial charge on any atom is -0.481 e. The fraction of sp³-hybridized carbons (Fsp3) is 0.781. The molecule has 0 heterocycles. The van der Waals surface area contributed by atoms with Crippen LogP contribution in [-0.4, -0.2) is 76.3 Å². The van der Waals surface area contributed by atoms with Crippen LogP contribution in [0.1, 0.15) is 126 Å². The third-order valence-electron chi connectivity index (χ3n) is 7.98. The summed E-state index contributed by atoms with van der Waals surface area (Å²) in [5, 5.41) is 73.4. The zero-order valence-corrected chi connectivity index (χ0v) is 26.2. The SMILES string of the molecule is CC(C)=CCCC(C)=CCCC(C)=CCCC(O)C(C)(O)CCC(O)(CC(=O)O)C(C)(O)CCC(O)C(C)(C)O. The minimum absolute atomic E-state index is 0.0750. The normalized spacial score (nSPS) is 19.2. The summed E-state index contributed by atoms with van der Waals surface area (Å²) >= 11 is 0. The Morgan fingerprint density at radius 1 is 0.700 bits per heavy atom. The topological polar surface area (TPSA) is 159 Å². The van der Waals surface area contributed by atoms with Crippen molar-refractivity contribution in [3.05, 3.63) is 34.9 Å². The van der Waals surface area contributed by atoms with Crippen LogP contribution >= 0.6 is 0 Å². The van der Waals surface area contributed by atoms with Crippen LogP contribution in [0.5, 0.6) is 0 Å². The zero-order chi connectivity index (χ0) is 31.4. The fourth-order valence-electron chi connectivity index (χ4n) is 4.57. The van der Waals surface area contributed by atoms with E-state index in [0.717, 1.165) is 25.7 Å².